The van der Waals surface area contributed by atoms with Gasteiger partial charge in [0, 0.05) is 43.2 Å². The summed E-state index contributed by atoms with van der Waals surface area (Å²) < 4.78 is 0. The molecule has 3 heterocycles. The van der Waals surface area contributed by atoms with E-state index in [1.165, 1.54) is 35.0 Å². The minimum absolute atomic E-state index is 0.0238. The van der Waals surface area contributed by atoms with E-state index in [-0.39, 0.29) is 17.9 Å². The monoisotopic (exact) mass is 383 g/mol. The molecule has 0 spiro atoms. The van der Waals surface area contributed by atoms with Crippen LogP contribution in [0.4, 0.5) is 0 Å². The number of aliphatic hydroxyl groups is 1. The maximum absolute atomic E-state index is 12.6. The largest absolute Gasteiger partial charge is 0.395 e. The van der Waals surface area contributed by atoms with Gasteiger partial charge in [0.15, 0.2) is 0 Å². The Hall–Kier alpha value is -1.85. The summed E-state index contributed by atoms with van der Waals surface area (Å²) >= 11 is 0. The van der Waals surface area contributed by atoms with E-state index in [1.54, 1.807) is 11.9 Å². The van der Waals surface area contributed by atoms with Crippen molar-refractivity contribution in [2.24, 2.45) is 5.41 Å². The van der Waals surface area contributed by atoms with E-state index in [0.717, 1.165) is 32.4 Å². The highest BCUT2D eigenvalue weighted by atomic mass is 16.3. The van der Waals surface area contributed by atoms with Crippen molar-refractivity contribution in [2.45, 2.75) is 51.5 Å². The van der Waals surface area contributed by atoms with Crippen LogP contribution < -0.4 is 0 Å². The van der Waals surface area contributed by atoms with E-state index in [1.807, 2.05) is 0 Å². The highest BCUT2D eigenvalue weighted by Crippen LogP contribution is 2.53. The predicted octanol–water partition coefficient (Wildman–Crippen LogP) is 3.49. The molecule has 5 nitrogen and oxygen atoms in total. The van der Waals surface area contributed by atoms with Gasteiger partial charge in [0.2, 0.25) is 5.91 Å². The lowest BCUT2D eigenvalue weighted by atomic mass is 9.65. The third-order valence-electron chi connectivity index (χ3n) is 7.24. The Kier molecular flexibility index (Phi) is 5.48. The average molecular weight is 384 g/mol. The van der Waals surface area contributed by atoms with Crippen LogP contribution in [0.15, 0.2) is 24.3 Å². The maximum atomic E-state index is 12.6. The van der Waals surface area contributed by atoms with Gasteiger partial charge in [-0.2, -0.15) is 0 Å². The predicted molar refractivity (Wildman–Crippen MR) is 112 cm³/mol. The number of aromatic amines is 1. The fourth-order valence-electron chi connectivity index (χ4n) is 5.63. The molecule has 4 rings (SSSR count). The third kappa shape index (κ3) is 3.25. The molecule has 1 saturated heterocycles. The summed E-state index contributed by atoms with van der Waals surface area (Å²) in [6, 6.07) is 9.03. The van der Waals surface area contributed by atoms with Gasteiger partial charge in [0.25, 0.3) is 0 Å². The molecule has 2 atom stereocenters. The van der Waals surface area contributed by atoms with Gasteiger partial charge >= 0.3 is 0 Å². The van der Waals surface area contributed by atoms with Crippen LogP contribution in [-0.4, -0.2) is 59.1 Å². The van der Waals surface area contributed by atoms with Gasteiger partial charge < -0.3 is 15.0 Å². The second kappa shape index (κ2) is 7.88. The molecule has 0 unspecified atom stereocenters. The zero-order valence-corrected chi connectivity index (χ0v) is 17.2. The number of aromatic nitrogens is 1. The molecule has 0 radical (unpaired) electrons. The summed E-state index contributed by atoms with van der Waals surface area (Å²) in [7, 11) is 1.79. The van der Waals surface area contributed by atoms with E-state index < -0.39 is 0 Å². The summed E-state index contributed by atoms with van der Waals surface area (Å²) in [5.41, 5.74) is 4.25. The van der Waals surface area contributed by atoms with Gasteiger partial charge in [-0.3, -0.25) is 9.69 Å². The lowest BCUT2D eigenvalue weighted by Gasteiger charge is -2.52. The van der Waals surface area contributed by atoms with Crippen LogP contribution >= 0.6 is 0 Å². The van der Waals surface area contributed by atoms with Crippen LogP contribution in [0.5, 0.6) is 0 Å². The molecule has 2 aliphatic rings. The Morgan fingerprint density at radius 1 is 1.36 bits per heavy atom. The summed E-state index contributed by atoms with van der Waals surface area (Å²) in [6.07, 6.45) is 6.04. The number of carbonyl (C=O) groups excluding carboxylic acids is 1. The van der Waals surface area contributed by atoms with Crippen molar-refractivity contribution in [3.63, 3.8) is 0 Å². The van der Waals surface area contributed by atoms with E-state index >= 15 is 0 Å². The molecule has 5 heteroatoms. The van der Waals surface area contributed by atoms with Crippen molar-refractivity contribution < 1.29 is 9.90 Å². The van der Waals surface area contributed by atoms with Crippen molar-refractivity contribution >= 4 is 16.8 Å². The van der Waals surface area contributed by atoms with Crippen molar-refractivity contribution in [3.8, 4) is 0 Å². The fraction of sp³-hybridized carbons (Fsp3) is 0.609. The molecule has 28 heavy (non-hydrogen) atoms. The molecule has 2 aromatic rings. The number of amides is 1. The number of carbonyl (C=O) groups is 1. The average Bonchev–Trinajstić information content (AvgIpc) is 3.10. The van der Waals surface area contributed by atoms with Gasteiger partial charge in [-0.25, -0.2) is 0 Å². The Morgan fingerprint density at radius 3 is 2.96 bits per heavy atom. The van der Waals surface area contributed by atoms with Crippen molar-refractivity contribution in [2.75, 3.05) is 33.3 Å². The molecule has 1 fully saturated rings. The minimum atomic E-state index is 0.0238. The molecular formula is C23H33N3O2. The van der Waals surface area contributed by atoms with Crippen LogP contribution in [0.25, 0.3) is 10.9 Å². The van der Waals surface area contributed by atoms with Crippen molar-refractivity contribution in [3.05, 3.63) is 35.5 Å². The first kappa shape index (κ1) is 19.5. The normalized spacial score (nSPS) is 24.8. The number of hydrogen-bond donors (Lipinski definition) is 2. The number of fused-ring (bicyclic) bond motifs is 5. The molecule has 1 aromatic heterocycles. The number of rotatable bonds is 6. The number of piperidine rings is 1. The smallest absolute Gasteiger partial charge is 0.222 e. The second-order valence-electron chi connectivity index (χ2n) is 8.61. The summed E-state index contributed by atoms with van der Waals surface area (Å²) in [5.74, 6) is 0.145. The number of aliphatic hydroxyl groups excluding tert-OH is 1. The summed E-state index contributed by atoms with van der Waals surface area (Å²) in [5, 5.41) is 10.5. The van der Waals surface area contributed by atoms with Gasteiger partial charge in [-0.15, -0.1) is 0 Å². The maximum Gasteiger partial charge on any atom is 0.222 e. The first-order valence-corrected chi connectivity index (χ1v) is 10.8. The summed E-state index contributed by atoms with van der Waals surface area (Å²) in [4.78, 5) is 20.7. The number of benzene rings is 1. The molecule has 0 bridgehead atoms. The number of H-pyrrole nitrogens is 1. The Labute approximate surface area is 167 Å². The minimum Gasteiger partial charge on any atom is -0.395 e. The van der Waals surface area contributed by atoms with Crippen LogP contribution in [0.2, 0.25) is 0 Å². The van der Waals surface area contributed by atoms with Gasteiger partial charge in [-0.05, 0) is 55.7 Å². The Balaban J connectivity index is 1.66. The molecule has 1 aromatic carbocycles. The van der Waals surface area contributed by atoms with Crippen LogP contribution in [0.1, 0.15) is 56.3 Å². The van der Waals surface area contributed by atoms with Gasteiger partial charge in [0.1, 0.15) is 0 Å². The molecule has 2 N–H and O–H groups in total. The quantitative estimate of drug-likeness (QED) is 0.803. The first-order valence-electron chi connectivity index (χ1n) is 10.8. The standard InChI is InChI=1S/C23H33N3O2/c1-3-23(12-9-20(28)25(2)15-16-27)11-6-13-26-14-10-18-17-7-4-5-8-19(17)24-21(18)22(23)26/h4-5,7-8,22,24,27H,3,6,9-16H2,1-2H3/t22-,23-/m1/s1. The van der Waals surface area contributed by atoms with Crippen LogP contribution in [0, 0.1) is 5.41 Å². The van der Waals surface area contributed by atoms with Gasteiger partial charge in [0.05, 0.1) is 12.6 Å². The molecule has 0 aliphatic carbocycles. The van der Waals surface area contributed by atoms with E-state index in [9.17, 15) is 4.79 Å². The molecular weight excluding hydrogens is 350 g/mol. The molecule has 2 aliphatic heterocycles. The second-order valence-corrected chi connectivity index (χ2v) is 8.61. The summed E-state index contributed by atoms with van der Waals surface area (Å²) in [6.45, 7) is 5.00. The zero-order valence-electron chi connectivity index (χ0n) is 17.2. The molecule has 0 saturated carbocycles. The number of nitrogens with one attached hydrogen (secondary N) is 1. The number of hydrogen-bond acceptors (Lipinski definition) is 3. The SMILES string of the molecule is CC[C@]1(CCC(=O)N(C)CCO)CCCN2CCc3c([nH]c4ccccc34)[C@@H]21. The van der Waals surface area contributed by atoms with Gasteiger partial charge in [-0.1, -0.05) is 25.1 Å². The third-order valence-corrected chi connectivity index (χ3v) is 7.24. The Bertz CT molecular complexity index is 845. The zero-order chi connectivity index (χ0) is 19.7. The topological polar surface area (TPSA) is 59.6 Å². The van der Waals surface area contributed by atoms with Crippen molar-refractivity contribution in [1.29, 1.82) is 0 Å². The highest BCUT2D eigenvalue weighted by molar-refractivity contribution is 5.85. The fourth-order valence-corrected chi connectivity index (χ4v) is 5.63. The van der Waals surface area contributed by atoms with E-state index in [0.29, 0.717) is 19.0 Å². The van der Waals surface area contributed by atoms with E-state index in [4.69, 9.17) is 5.11 Å². The number of likely N-dealkylation sites (N-methyl/N-ethyl adjacent to an activating group) is 1. The van der Waals surface area contributed by atoms with E-state index in [2.05, 4.69) is 41.1 Å². The number of para-hydroxylation sites is 1. The van der Waals surface area contributed by atoms with Crippen molar-refractivity contribution in [1.82, 2.24) is 14.8 Å². The lowest BCUT2D eigenvalue weighted by molar-refractivity contribution is -0.131. The molecule has 1 amide bonds. The first-order chi connectivity index (χ1) is 13.6. The van der Waals surface area contributed by atoms with Crippen LogP contribution in [0.3, 0.4) is 0 Å². The van der Waals surface area contributed by atoms with Crippen LogP contribution in [-0.2, 0) is 11.2 Å². The highest BCUT2D eigenvalue weighted by Gasteiger charge is 2.47. The Morgan fingerprint density at radius 2 is 2.18 bits per heavy atom. The molecule has 152 valence electrons. The lowest BCUT2D eigenvalue weighted by Crippen LogP contribution is -2.49. The number of nitrogens with zero attached hydrogens (tertiary/aromatic N) is 2.